The molecule has 0 amide bonds. The minimum Gasteiger partial charge on any atom is -0.489 e. The molecule has 0 saturated carbocycles. The Balaban J connectivity index is 1.48. The van der Waals surface area contributed by atoms with E-state index in [4.69, 9.17) is 14.2 Å². The minimum atomic E-state index is -0.0790. The fourth-order valence-corrected chi connectivity index (χ4v) is 2.27. The predicted octanol–water partition coefficient (Wildman–Crippen LogP) is 4.04. The van der Waals surface area contributed by atoms with Crippen LogP contribution in [0, 0.1) is 0 Å². The van der Waals surface area contributed by atoms with E-state index in [9.17, 15) is 0 Å². The third-order valence-electron chi connectivity index (χ3n) is 3.46. The molecule has 0 bridgehead atoms. The molecular weight excluding hydrogens is 276 g/mol. The second kappa shape index (κ2) is 7.78. The van der Waals surface area contributed by atoms with Gasteiger partial charge in [0.1, 0.15) is 12.4 Å². The van der Waals surface area contributed by atoms with Crippen molar-refractivity contribution in [2.75, 3.05) is 13.2 Å². The van der Waals surface area contributed by atoms with Crippen LogP contribution in [0.1, 0.15) is 17.5 Å². The molecule has 0 aromatic heterocycles. The lowest BCUT2D eigenvalue weighted by atomic mass is 10.2. The number of hydrogen-bond acceptors (Lipinski definition) is 3. The first-order valence-corrected chi connectivity index (χ1v) is 7.57. The van der Waals surface area contributed by atoms with Gasteiger partial charge in [-0.2, -0.15) is 0 Å². The van der Waals surface area contributed by atoms with E-state index < -0.39 is 0 Å². The Morgan fingerprint density at radius 2 is 1.68 bits per heavy atom. The first-order chi connectivity index (χ1) is 10.9. The van der Waals surface area contributed by atoms with Gasteiger partial charge in [0.2, 0.25) is 0 Å². The molecular formula is C19H20O3. The van der Waals surface area contributed by atoms with Crippen molar-refractivity contribution in [3.63, 3.8) is 0 Å². The van der Waals surface area contributed by atoms with E-state index >= 15 is 0 Å². The summed E-state index contributed by atoms with van der Waals surface area (Å²) in [4.78, 5) is 0. The maximum Gasteiger partial charge on any atom is 0.161 e. The summed E-state index contributed by atoms with van der Waals surface area (Å²) in [6.07, 6.45) is 4.86. The molecule has 2 aromatic carbocycles. The minimum absolute atomic E-state index is 0.0790. The van der Waals surface area contributed by atoms with Gasteiger partial charge in [0.15, 0.2) is 6.29 Å². The van der Waals surface area contributed by atoms with E-state index in [2.05, 4.69) is 24.3 Å². The Hall–Kier alpha value is -2.10. The second-order valence-corrected chi connectivity index (χ2v) is 5.15. The molecule has 3 nitrogen and oxygen atoms in total. The molecule has 0 N–H and O–H groups in total. The summed E-state index contributed by atoms with van der Waals surface area (Å²) in [6.45, 7) is 1.99. The third kappa shape index (κ3) is 4.45. The zero-order valence-corrected chi connectivity index (χ0v) is 12.5. The van der Waals surface area contributed by atoms with Crippen LogP contribution < -0.4 is 4.74 Å². The van der Waals surface area contributed by atoms with E-state index in [1.807, 2.05) is 42.5 Å². The van der Waals surface area contributed by atoms with Gasteiger partial charge in [0.25, 0.3) is 0 Å². The fourth-order valence-electron chi connectivity index (χ4n) is 2.27. The van der Waals surface area contributed by atoms with Gasteiger partial charge in [-0.3, -0.25) is 0 Å². The molecule has 114 valence electrons. The molecule has 22 heavy (non-hydrogen) atoms. The largest absolute Gasteiger partial charge is 0.489 e. The van der Waals surface area contributed by atoms with Gasteiger partial charge in [0, 0.05) is 6.42 Å². The Labute approximate surface area is 131 Å². The highest BCUT2D eigenvalue weighted by atomic mass is 16.7. The molecule has 1 fully saturated rings. The van der Waals surface area contributed by atoms with Gasteiger partial charge in [-0.15, -0.1) is 0 Å². The van der Waals surface area contributed by atoms with E-state index in [1.165, 1.54) is 5.56 Å². The summed E-state index contributed by atoms with van der Waals surface area (Å²) < 4.78 is 16.5. The van der Waals surface area contributed by atoms with Crippen molar-refractivity contribution >= 4 is 6.08 Å². The van der Waals surface area contributed by atoms with E-state index in [1.54, 1.807) is 0 Å². The van der Waals surface area contributed by atoms with Crippen molar-refractivity contribution in [2.45, 2.75) is 19.3 Å². The Morgan fingerprint density at radius 3 is 2.41 bits per heavy atom. The van der Waals surface area contributed by atoms with Gasteiger partial charge >= 0.3 is 0 Å². The fraction of sp³-hybridized carbons (Fsp3) is 0.263. The molecule has 0 aliphatic carbocycles. The van der Waals surface area contributed by atoms with E-state index in [0.29, 0.717) is 19.8 Å². The Morgan fingerprint density at radius 1 is 0.955 bits per heavy atom. The molecule has 0 spiro atoms. The summed E-state index contributed by atoms with van der Waals surface area (Å²) in [6, 6.07) is 18.2. The lowest BCUT2D eigenvalue weighted by Crippen LogP contribution is -2.04. The molecule has 1 heterocycles. The Bertz CT molecular complexity index is 584. The molecule has 0 atom stereocenters. The highest BCUT2D eigenvalue weighted by Gasteiger charge is 2.13. The monoisotopic (exact) mass is 296 g/mol. The van der Waals surface area contributed by atoms with Gasteiger partial charge in [0.05, 0.1) is 13.2 Å². The highest BCUT2D eigenvalue weighted by Crippen LogP contribution is 2.16. The van der Waals surface area contributed by atoms with E-state index in [-0.39, 0.29) is 6.29 Å². The van der Waals surface area contributed by atoms with Crippen LogP contribution in [0.25, 0.3) is 6.08 Å². The molecule has 0 unspecified atom stereocenters. The number of ether oxygens (including phenoxy) is 3. The smallest absolute Gasteiger partial charge is 0.161 e. The normalized spacial score (nSPS) is 15.5. The lowest BCUT2D eigenvalue weighted by molar-refractivity contribution is -0.0379. The number of benzene rings is 2. The molecule has 0 radical (unpaired) electrons. The van der Waals surface area contributed by atoms with Gasteiger partial charge in [-0.1, -0.05) is 54.6 Å². The molecule has 1 saturated heterocycles. The number of rotatable bonds is 6. The number of hydrogen-bond donors (Lipinski definition) is 0. The first kappa shape index (κ1) is 14.8. The van der Waals surface area contributed by atoms with Crippen LogP contribution in [-0.4, -0.2) is 19.5 Å². The predicted molar refractivity (Wildman–Crippen MR) is 86.6 cm³/mol. The van der Waals surface area contributed by atoms with Gasteiger partial charge in [-0.25, -0.2) is 0 Å². The van der Waals surface area contributed by atoms with Gasteiger partial charge < -0.3 is 14.2 Å². The van der Waals surface area contributed by atoms with Crippen LogP contribution in [0.2, 0.25) is 0 Å². The third-order valence-corrected chi connectivity index (χ3v) is 3.46. The maximum atomic E-state index is 5.77. The van der Waals surface area contributed by atoms with Crippen LogP contribution in [0.3, 0.4) is 0 Å². The van der Waals surface area contributed by atoms with Crippen LogP contribution in [-0.2, 0) is 16.1 Å². The lowest BCUT2D eigenvalue weighted by Gasteiger charge is -2.06. The molecule has 2 aromatic rings. The summed E-state index contributed by atoms with van der Waals surface area (Å²) >= 11 is 0. The van der Waals surface area contributed by atoms with Crippen molar-refractivity contribution in [3.05, 3.63) is 71.8 Å². The van der Waals surface area contributed by atoms with Crippen molar-refractivity contribution in [2.24, 2.45) is 0 Å². The van der Waals surface area contributed by atoms with Crippen molar-refractivity contribution < 1.29 is 14.2 Å². The quantitative estimate of drug-likeness (QED) is 0.805. The van der Waals surface area contributed by atoms with Crippen molar-refractivity contribution in [1.29, 1.82) is 0 Å². The average Bonchev–Trinajstić information content (AvgIpc) is 3.08. The summed E-state index contributed by atoms with van der Waals surface area (Å²) in [5.74, 6) is 0.878. The standard InChI is InChI=1S/C19H20O3/c1-2-5-17(6-3-1)15-22-18-11-9-16(10-12-18)7-4-8-19-20-13-14-21-19/h1-7,9-12,19H,8,13-15H2/b7-4+. The second-order valence-electron chi connectivity index (χ2n) is 5.15. The molecule has 3 heteroatoms. The molecule has 1 aliphatic heterocycles. The summed E-state index contributed by atoms with van der Waals surface area (Å²) in [5, 5.41) is 0. The molecule has 1 aliphatic rings. The van der Waals surface area contributed by atoms with Crippen molar-refractivity contribution in [3.8, 4) is 5.75 Å². The van der Waals surface area contributed by atoms with Crippen LogP contribution in [0.4, 0.5) is 0 Å². The first-order valence-electron chi connectivity index (χ1n) is 7.57. The SMILES string of the molecule is C(=C\c1ccc(OCc2ccccc2)cc1)/CC1OCCO1. The van der Waals surface area contributed by atoms with Crippen LogP contribution in [0.5, 0.6) is 5.75 Å². The van der Waals surface area contributed by atoms with Crippen LogP contribution >= 0.6 is 0 Å². The van der Waals surface area contributed by atoms with E-state index in [0.717, 1.165) is 17.7 Å². The zero-order valence-electron chi connectivity index (χ0n) is 12.5. The Kier molecular flexibility index (Phi) is 5.24. The summed E-state index contributed by atoms with van der Waals surface area (Å²) in [7, 11) is 0. The van der Waals surface area contributed by atoms with Crippen molar-refractivity contribution in [1.82, 2.24) is 0 Å². The van der Waals surface area contributed by atoms with Gasteiger partial charge in [-0.05, 0) is 23.3 Å². The average molecular weight is 296 g/mol. The zero-order chi connectivity index (χ0) is 15.0. The molecule has 3 rings (SSSR count). The van der Waals surface area contributed by atoms with Crippen LogP contribution in [0.15, 0.2) is 60.7 Å². The maximum absolute atomic E-state index is 5.77. The summed E-state index contributed by atoms with van der Waals surface area (Å²) in [5.41, 5.74) is 2.31. The topological polar surface area (TPSA) is 27.7 Å². The highest BCUT2D eigenvalue weighted by molar-refractivity contribution is 5.50.